The van der Waals surface area contributed by atoms with Gasteiger partial charge in [0.1, 0.15) is 22.8 Å². The summed E-state index contributed by atoms with van der Waals surface area (Å²) in [6.07, 6.45) is 0.711. The Bertz CT molecular complexity index is 870. The highest BCUT2D eigenvalue weighted by Crippen LogP contribution is 2.41. The fourth-order valence-corrected chi connectivity index (χ4v) is 3.84. The number of ether oxygens (including phenoxy) is 3. The van der Waals surface area contributed by atoms with Gasteiger partial charge in [-0.3, -0.25) is 4.79 Å². The minimum atomic E-state index is -0.552. The summed E-state index contributed by atoms with van der Waals surface area (Å²) in [6.45, 7) is 10.1. The summed E-state index contributed by atoms with van der Waals surface area (Å²) in [5.74, 6) is 2.09. The molecule has 0 aromatic heterocycles. The van der Waals surface area contributed by atoms with Crippen LogP contribution in [0.25, 0.3) is 0 Å². The van der Waals surface area contributed by atoms with E-state index in [-0.39, 0.29) is 11.9 Å². The fraction of sp³-hybridized carbons (Fsp3) is 0.458. The number of hydrogen-bond donors (Lipinski definition) is 1. The average molecular weight is 398 g/mol. The number of aryl methyl sites for hydroxylation is 2. The third-order valence-electron chi connectivity index (χ3n) is 5.13. The van der Waals surface area contributed by atoms with Crippen molar-refractivity contribution in [2.24, 2.45) is 0 Å². The molecule has 0 bridgehead atoms. The second kappa shape index (κ2) is 8.36. The normalized spacial score (nSPS) is 18.2. The second-order valence-electron chi connectivity index (χ2n) is 8.37. The van der Waals surface area contributed by atoms with Crippen LogP contribution in [0.1, 0.15) is 56.3 Å². The quantitative estimate of drug-likeness (QED) is 0.754. The Morgan fingerprint density at radius 1 is 1.17 bits per heavy atom. The Balaban J connectivity index is 1.79. The maximum Gasteiger partial charge on any atom is 0.261 e. The molecule has 2 atom stereocenters. The van der Waals surface area contributed by atoms with E-state index >= 15 is 0 Å². The standard InChI is InChI=1S/C24H31NO4/c1-7-21(28-18-11-15(2)10-16(3)12-18)23(26)25-20-14-24(4,5)29-22-13-17(27-6)8-9-19(20)22/h8-13,20-21H,7,14H2,1-6H3,(H,25,26)/t20-,21-/m1/s1. The van der Waals surface area contributed by atoms with E-state index in [1.54, 1.807) is 7.11 Å². The molecule has 0 saturated carbocycles. The number of benzene rings is 2. The van der Waals surface area contributed by atoms with E-state index in [1.807, 2.05) is 65.0 Å². The number of amides is 1. The van der Waals surface area contributed by atoms with Crippen LogP contribution in [0, 0.1) is 13.8 Å². The first-order valence-corrected chi connectivity index (χ1v) is 10.1. The fourth-order valence-electron chi connectivity index (χ4n) is 3.84. The summed E-state index contributed by atoms with van der Waals surface area (Å²) in [5.41, 5.74) is 2.79. The largest absolute Gasteiger partial charge is 0.497 e. The molecule has 2 aromatic rings. The number of methoxy groups -OCH3 is 1. The molecule has 0 radical (unpaired) electrons. The average Bonchev–Trinajstić information content (AvgIpc) is 2.63. The number of nitrogens with one attached hydrogen (secondary N) is 1. The van der Waals surface area contributed by atoms with Gasteiger partial charge in [0.05, 0.1) is 13.2 Å². The molecular formula is C24H31NO4. The Labute approximate surface area is 173 Å². The molecule has 3 rings (SSSR count). The van der Waals surface area contributed by atoms with E-state index in [1.165, 1.54) is 0 Å². The van der Waals surface area contributed by atoms with Crippen LogP contribution in [0.15, 0.2) is 36.4 Å². The highest BCUT2D eigenvalue weighted by atomic mass is 16.5. The molecule has 29 heavy (non-hydrogen) atoms. The van der Waals surface area contributed by atoms with Crippen LogP contribution in [0.4, 0.5) is 0 Å². The molecular weight excluding hydrogens is 366 g/mol. The minimum Gasteiger partial charge on any atom is -0.497 e. The summed E-state index contributed by atoms with van der Waals surface area (Å²) < 4.78 is 17.5. The van der Waals surface area contributed by atoms with Crippen molar-refractivity contribution >= 4 is 5.91 Å². The van der Waals surface area contributed by atoms with Gasteiger partial charge >= 0.3 is 0 Å². The van der Waals surface area contributed by atoms with Crippen LogP contribution in [0.3, 0.4) is 0 Å². The van der Waals surface area contributed by atoms with Gasteiger partial charge in [0.2, 0.25) is 0 Å². The number of carbonyl (C=O) groups is 1. The molecule has 5 heteroatoms. The van der Waals surface area contributed by atoms with Gasteiger partial charge < -0.3 is 19.5 Å². The first-order chi connectivity index (χ1) is 13.7. The molecule has 1 aliphatic rings. The Kier molecular flexibility index (Phi) is 6.06. The van der Waals surface area contributed by atoms with Crippen LogP contribution in [0.2, 0.25) is 0 Å². The smallest absolute Gasteiger partial charge is 0.261 e. The van der Waals surface area contributed by atoms with Gasteiger partial charge in [-0.25, -0.2) is 0 Å². The zero-order valence-electron chi connectivity index (χ0n) is 18.2. The molecule has 1 heterocycles. The van der Waals surface area contributed by atoms with E-state index in [0.29, 0.717) is 12.8 Å². The zero-order valence-corrected chi connectivity index (χ0v) is 18.2. The predicted octanol–water partition coefficient (Wildman–Crippen LogP) is 4.89. The summed E-state index contributed by atoms with van der Waals surface area (Å²) in [6, 6.07) is 11.6. The molecule has 0 fully saturated rings. The topological polar surface area (TPSA) is 56.8 Å². The summed E-state index contributed by atoms with van der Waals surface area (Å²) in [4.78, 5) is 13.1. The molecule has 1 amide bonds. The van der Waals surface area contributed by atoms with Gasteiger partial charge in [0.25, 0.3) is 5.91 Å². The predicted molar refractivity (Wildman–Crippen MR) is 114 cm³/mol. The number of carbonyl (C=O) groups excluding carboxylic acids is 1. The van der Waals surface area contributed by atoms with Crippen molar-refractivity contribution in [3.8, 4) is 17.2 Å². The van der Waals surface area contributed by atoms with Gasteiger partial charge in [-0.05, 0) is 69.5 Å². The molecule has 0 saturated heterocycles. The molecule has 1 aliphatic heterocycles. The molecule has 0 aliphatic carbocycles. The van der Waals surface area contributed by atoms with Crippen LogP contribution >= 0.6 is 0 Å². The SMILES string of the molecule is CC[C@@H](Oc1cc(C)cc(C)c1)C(=O)N[C@@H]1CC(C)(C)Oc2cc(OC)ccc21. The lowest BCUT2D eigenvalue weighted by atomic mass is 9.89. The summed E-state index contributed by atoms with van der Waals surface area (Å²) in [7, 11) is 1.63. The Hall–Kier alpha value is -2.69. The lowest BCUT2D eigenvalue weighted by molar-refractivity contribution is -0.129. The first kappa shape index (κ1) is 21.0. The van der Waals surface area contributed by atoms with Crippen molar-refractivity contribution in [3.05, 3.63) is 53.1 Å². The third-order valence-corrected chi connectivity index (χ3v) is 5.13. The van der Waals surface area contributed by atoms with E-state index in [4.69, 9.17) is 14.2 Å². The van der Waals surface area contributed by atoms with Crippen LogP contribution in [0.5, 0.6) is 17.2 Å². The lowest BCUT2D eigenvalue weighted by Gasteiger charge is -2.38. The summed E-state index contributed by atoms with van der Waals surface area (Å²) in [5, 5.41) is 3.18. The number of hydrogen-bond acceptors (Lipinski definition) is 4. The monoisotopic (exact) mass is 397 g/mol. The molecule has 0 spiro atoms. The number of rotatable bonds is 6. The van der Waals surface area contributed by atoms with Gasteiger partial charge in [-0.1, -0.05) is 13.0 Å². The highest BCUT2D eigenvalue weighted by molar-refractivity contribution is 5.81. The van der Waals surface area contributed by atoms with Crippen molar-refractivity contribution < 1.29 is 19.0 Å². The molecule has 2 aromatic carbocycles. The van der Waals surface area contributed by atoms with Crippen molar-refractivity contribution in [1.82, 2.24) is 5.32 Å². The van der Waals surface area contributed by atoms with Crippen LogP contribution in [-0.4, -0.2) is 24.7 Å². The van der Waals surface area contributed by atoms with Crippen LogP contribution < -0.4 is 19.5 Å². The van der Waals surface area contributed by atoms with E-state index < -0.39 is 11.7 Å². The van der Waals surface area contributed by atoms with Crippen molar-refractivity contribution in [1.29, 1.82) is 0 Å². The van der Waals surface area contributed by atoms with Gasteiger partial charge in [0, 0.05) is 18.1 Å². The number of fused-ring (bicyclic) bond motifs is 1. The Morgan fingerprint density at radius 2 is 1.86 bits per heavy atom. The van der Waals surface area contributed by atoms with E-state index in [2.05, 4.69) is 11.4 Å². The maximum atomic E-state index is 13.1. The van der Waals surface area contributed by atoms with Gasteiger partial charge in [0.15, 0.2) is 6.10 Å². The molecule has 5 nitrogen and oxygen atoms in total. The zero-order chi connectivity index (χ0) is 21.2. The maximum absolute atomic E-state index is 13.1. The summed E-state index contributed by atoms with van der Waals surface area (Å²) >= 11 is 0. The molecule has 156 valence electrons. The first-order valence-electron chi connectivity index (χ1n) is 10.1. The van der Waals surface area contributed by atoms with Crippen molar-refractivity contribution in [2.75, 3.05) is 7.11 Å². The molecule has 1 N–H and O–H groups in total. The van der Waals surface area contributed by atoms with Gasteiger partial charge in [-0.15, -0.1) is 0 Å². The van der Waals surface area contributed by atoms with Crippen molar-refractivity contribution in [2.45, 2.75) is 65.2 Å². The third kappa shape index (κ3) is 5.03. The van der Waals surface area contributed by atoms with E-state index in [0.717, 1.165) is 33.9 Å². The second-order valence-corrected chi connectivity index (χ2v) is 8.37. The molecule has 0 unspecified atom stereocenters. The van der Waals surface area contributed by atoms with Crippen LogP contribution in [-0.2, 0) is 4.79 Å². The highest BCUT2D eigenvalue weighted by Gasteiger charge is 2.36. The Morgan fingerprint density at radius 3 is 2.48 bits per heavy atom. The van der Waals surface area contributed by atoms with Gasteiger partial charge in [-0.2, -0.15) is 0 Å². The van der Waals surface area contributed by atoms with Crippen molar-refractivity contribution in [3.63, 3.8) is 0 Å². The van der Waals surface area contributed by atoms with E-state index in [9.17, 15) is 4.79 Å². The lowest BCUT2D eigenvalue weighted by Crippen LogP contribution is -2.45. The minimum absolute atomic E-state index is 0.115.